The molecule has 0 aliphatic heterocycles. The van der Waals surface area contributed by atoms with Crippen molar-refractivity contribution in [3.05, 3.63) is 0 Å². The summed E-state index contributed by atoms with van der Waals surface area (Å²) in [6.45, 7) is 10.0. The lowest BCUT2D eigenvalue weighted by atomic mass is 10.0. The first kappa shape index (κ1) is 14.4. The molecule has 0 aliphatic rings. The van der Waals surface area contributed by atoms with E-state index in [0.29, 0.717) is 0 Å². The number of ether oxygens (including phenoxy) is 1. The molecule has 0 radical (unpaired) electrons. The van der Waals surface area contributed by atoms with Crippen molar-refractivity contribution in [2.75, 3.05) is 13.7 Å². The first-order valence-corrected chi connectivity index (χ1v) is 5.21. The fourth-order valence-electron chi connectivity index (χ4n) is 1.59. The predicted molar refractivity (Wildman–Crippen MR) is 60.0 cm³/mol. The Labute approximate surface area is 92.2 Å². The molecule has 0 fully saturated rings. The van der Waals surface area contributed by atoms with Crippen LogP contribution in [0.3, 0.4) is 0 Å². The summed E-state index contributed by atoms with van der Waals surface area (Å²) in [5, 5.41) is 8.87. The Morgan fingerprint density at radius 2 is 1.87 bits per heavy atom. The average Bonchev–Trinajstić information content (AvgIpc) is 2.09. The lowest BCUT2D eigenvalue weighted by Gasteiger charge is -2.41. The van der Waals surface area contributed by atoms with E-state index in [0.717, 1.165) is 0 Å². The van der Waals surface area contributed by atoms with Crippen molar-refractivity contribution < 1.29 is 14.6 Å². The van der Waals surface area contributed by atoms with Gasteiger partial charge in [0, 0.05) is 18.7 Å². The van der Waals surface area contributed by atoms with Crippen LogP contribution in [0.1, 0.15) is 34.6 Å². The third kappa shape index (κ3) is 4.62. The van der Waals surface area contributed by atoms with E-state index in [1.54, 1.807) is 7.11 Å². The van der Waals surface area contributed by atoms with Crippen LogP contribution in [0.5, 0.6) is 0 Å². The molecule has 0 rings (SSSR count). The number of carboxylic acid groups (broad SMARTS) is 1. The molecule has 4 nitrogen and oxygen atoms in total. The van der Waals surface area contributed by atoms with Gasteiger partial charge in [-0.05, 0) is 34.6 Å². The molecule has 2 unspecified atom stereocenters. The van der Waals surface area contributed by atoms with E-state index < -0.39 is 5.97 Å². The number of carboxylic acids is 1. The first-order chi connectivity index (χ1) is 6.70. The molecule has 1 N–H and O–H groups in total. The van der Waals surface area contributed by atoms with E-state index >= 15 is 0 Å². The molecule has 0 amide bonds. The van der Waals surface area contributed by atoms with Crippen LogP contribution in [0.25, 0.3) is 0 Å². The van der Waals surface area contributed by atoms with Gasteiger partial charge in [0.05, 0.1) is 12.6 Å². The highest BCUT2D eigenvalue weighted by Crippen LogP contribution is 2.19. The van der Waals surface area contributed by atoms with E-state index in [2.05, 4.69) is 0 Å². The van der Waals surface area contributed by atoms with Crippen molar-refractivity contribution in [2.45, 2.75) is 52.3 Å². The van der Waals surface area contributed by atoms with Gasteiger partial charge in [-0.25, -0.2) is 0 Å². The van der Waals surface area contributed by atoms with Gasteiger partial charge in [0.15, 0.2) is 0 Å². The second-order valence-electron chi connectivity index (χ2n) is 4.87. The third-order valence-electron chi connectivity index (χ3n) is 2.71. The summed E-state index contributed by atoms with van der Waals surface area (Å²) < 4.78 is 5.24. The normalized spacial score (nSPS) is 16.5. The molecule has 0 spiro atoms. The maximum atomic E-state index is 10.8. The smallest absolute Gasteiger partial charge is 0.317 e. The van der Waals surface area contributed by atoms with Gasteiger partial charge in [0.2, 0.25) is 0 Å². The Bertz CT molecular complexity index is 210. The minimum Gasteiger partial charge on any atom is -0.480 e. The fraction of sp³-hybridized carbons (Fsp3) is 0.909. The second-order valence-corrected chi connectivity index (χ2v) is 4.87. The number of hydrogen-bond donors (Lipinski definition) is 1. The van der Waals surface area contributed by atoms with E-state index in [1.165, 1.54) is 0 Å². The highest BCUT2D eigenvalue weighted by atomic mass is 16.5. The topological polar surface area (TPSA) is 49.8 Å². The van der Waals surface area contributed by atoms with E-state index in [9.17, 15) is 4.79 Å². The largest absolute Gasteiger partial charge is 0.480 e. The highest BCUT2D eigenvalue weighted by Gasteiger charge is 2.30. The molecule has 0 aromatic rings. The second kappa shape index (κ2) is 5.47. The molecule has 0 aromatic carbocycles. The molecule has 0 saturated carbocycles. The van der Waals surface area contributed by atoms with E-state index in [1.807, 2.05) is 39.5 Å². The predicted octanol–water partition coefficient (Wildman–Crippen LogP) is 1.59. The van der Waals surface area contributed by atoms with Crippen LogP contribution in [0.4, 0.5) is 0 Å². The van der Waals surface area contributed by atoms with Gasteiger partial charge in [0.1, 0.15) is 0 Å². The summed E-state index contributed by atoms with van der Waals surface area (Å²) in [5.74, 6) is -0.805. The Hall–Kier alpha value is -0.610. The van der Waals surface area contributed by atoms with Gasteiger partial charge < -0.3 is 9.84 Å². The standard InChI is InChI=1S/C11H23NO3/c1-8(9(2)15-6)12(7-10(13)14)11(3,4)5/h8-9H,7H2,1-6H3,(H,13,14). The summed E-state index contributed by atoms with van der Waals surface area (Å²) >= 11 is 0. The molecule has 4 heteroatoms. The van der Waals surface area contributed by atoms with E-state index in [-0.39, 0.29) is 24.2 Å². The average molecular weight is 217 g/mol. The van der Waals surface area contributed by atoms with Crippen molar-refractivity contribution in [3.63, 3.8) is 0 Å². The molecule has 0 bridgehead atoms. The van der Waals surface area contributed by atoms with Crippen LogP contribution in [-0.4, -0.2) is 47.3 Å². The zero-order chi connectivity index (χ0) is 12.2. The Morgan fingerprint density at radius 3 is 2.13 bits per heavy atom. The molecule has 15 heavy (non-hydrogen) atoms. The Balaban J connectivity index is 4.70. The van der Waals surface area contributed by atoms with Gasteiger partial charge in [-0.3, -0.25) is 9.69 Å². The molecule has 90 valence electrons. The summed E-state index contributed by atoms with van der Waals surface area (Å²) in [7, 11) is 1.64. The minimum absolute atomic E-state index is 0.0172. The van der Waals surface area contributed by atoms with Crippen LogP contribution in [0.2, 0.25) is 0 Å². The van der Waals surface area contributed by atoms with Crippen LogP contribution in [0, 0.1) is 0 Å². The molecule has 2 atom stereocenters. The maximum absolute atomic E-state index is 10.8. The summed E-state index contributed by atoms with van der Waals surface area (Å²) in [6.07, 6.45) is 0.0172. The molecular weight excluding hydrogens is 194 g/mol. The molecular formula is C11H23NO3. The zero-order valence-corrected chi connectivity index (χ0v) is 10.6. The third-order valence-corrected chi connectivity index (χ3v) is 2.71. The van der Waals surface area contributed by atoms with Crippen molar-refractivity contribution in [3.8, 4) is 0 Å². The SMILES string of the molecule is COC(C)C(C)N(CC(=O)O)C(C)(C)C. The van der Waals surface area contributed by atoms with Crippen molar-refractivity contribution in [1.82, 2.24) is 4.90 Å². The van der Waals surface area contributed by atoms with Crippen LogP contribution >= 0.6 is 0 Å². The van der Waals surface area contributed by atoms with Crippen molar-refractivity contribution >= 4 is 5.97 Å². The summed E-state index contributed by atoms with van der Waals surface area (Å²) in [6, 6.07) is 0.0751. The summed E-state index contributed by atoms with van der Waals surface area (Å²) in [5.41, 5.74) is -0.176. The molecule has 0 heterocycles. The number of rotatable bonds is 5. The van der Waals surface area contributed by atoms with Gasteiger partial charge in [-0.1, -0.05) is 0 Å². The maximum Gasteiger partial charge on any atom is 0.317 e. The van der Waals surface area contributed by atoms with Gasteiger partial charge in [-0.15, -0.1) is 0 Å². The lowest BCUT2D eigenvalue weighted by molar-refractivity contribution is -0.141. The highest BCUT2D eigenvalue weighted by molar-refractivity contribution is 5.69. The van der Waals surface area contributed by atoms with Crippen molar-refractivity contribution in [2.24, 2.45) is 0 Å². The number of carbonyl (C=O) groups is 1. The van der Waals surface area contributed by atoms with Gasteiger partial charge in [0.25, 0.3) is 0 Å². The molecule has 0 aliphatic carbocycles. The number of nitrogens with zero attached hydrogens (tertiary/aromatic N) is 1. The first-order valence-electron chi connectivity index (χ1n) is 5.21. The van der Waals surface area contributed by atoms with Crippen LogP contribution in [-0.2, 0) is 9.53 Å². The van der Waals surface area contributed by atoms with E-state index in [4.69, 9.17) is 9.84 Å². The molecule has 0 saturated heterocycles. The Kier molecular flexibility index (Phi) is 5.24. The quantitative estimate of drug-likeness (QED) is 0.760. The Morgan fingerprint density at radius 1 is 1.40 bits per heavy atom. The van der Waals surface area contributed by atoms with Crippen LogP contribution < -0.4 is 0 Å². The number of hydrogen-bond acceptors (Lipinski definition) is 3. The monoisotopic (exact) mass is 217 g/mol. The summed E-state index contributed by atoms with van der Waals surface area (Å²) in [4.78, 5) is 12.7. The fourth-order valence-corrected chi connectivity index (χ4v) is 1.59. The van der Waals surface area contributed by atoms with Crippen molar-refractivity contribution in [1.29, 1.82) is 0 Å². The minimum atomic E-state index is -0.805. The van der Waals surface area contributed by atoms with Gasteiger partial charge >= 0.3 is 5.97 Å². The number of methoxy groups -OCH3 is 1. The molecule has 0 aromatic heterocycles. The van der Waals surface area contributed by atoms with Gasteiger partial charge in [-0.2, -0.15) is 0 Å². The van der Waals surface area contributed by atoms with Crippen LogP contribution in [0.15, 0.2) is 0 Å². The number of aliphatic carboxylic acids is 1. The zero-order valence-electron chi connectivity index (χ0n) is 10.6. The lowest BCUT2D eigenvalue weighted by Crippen LogP contribution is -2.53.